The van der Waals surface area contributed by atoms with Crippen molar-refractivity contribution in [1.82, 2.24) is 15.1 Å². The van der Waals surface area contributed by atoms with Gasteiger partial charge in [0, 0.05) is 12.6 Å². The maximum atomic E-state index is 11.4. The molecule has 0 aliphatic heterocycles. The minimum absolute atomic E-state index is 0.147. The molecule has 0 saturated heterocycles. The number of nitrogens with zero attached hydrogens (tertiary/aromatic N) is 2. The summed E-state index contributed by atoms with van der Waals surface area (Å²) in [6.45, 7) is 10.0. The second-order valence-electron chi connectivity index (χ2n) is 7.19. The number of carbonyl (C=O) groups is 1. The summed E-state index contributed by atoms with van der Waals surface area (Å²) in [6, 6.07) is 11.3. The van der Waals surface area contributed by atoms with Crippen LogP contribution in [0.5, 0.6) is 5.75 Å². The molecule has 1 aromatic carbocycles. The fourth-order valence-corrected chi connectivity index (χ4v) is 2.25. The van der Waals surface area contributed by atoms with E-state index in [9.17, 15) is 9.90 Å². The summed E-state index contributed by atoms with van der Waals surface area (Å²) in [5.41, 5.74) is 0.927. The van der Waals surface area contributed by atoms with Gasteiger partial charge in [-0.25, -0.2) is 4.79 Å². The van der Waals surface area contributed by atoms with E-state index in [1.807, 2.05) is 30.3 Å². The van der Waals surface area contributed by atoms with Crippen LogP contribution < -0.4 is 10.1 Å². The van der Waals surface area contributed by atoms with E-state index in [-0.39, 0.29) is 17.7 Å². The number of rotatable bonds is 8. The molecule has 0 amide bonds. The molecule has 0 bridgehead atoms. The zero-order valence-electron chi connectivity index (χ0n) is 15.3. The first kappa shape index (κ1) is 19.0. The van der Waals surface area contributed by atoms with Gasteiger partial charge in [0.15, 0.2) is 0 Å². The largest absolute Gasteiger partial charge is 0.487 e. The average molecular weight is 345 g/mol. The first-order valence-corrected chi connectivity index (χ1v) is 8.48. The number of para-hydroxylation sites is 1. The first-order valence-electron chi connectivity index (χ1n) is 8.48. The number of aromatic nitrogens is 2. The number of hydrogen-bond acceptors (Lipinski definition) is 4. The van der Waals surface area contributed by atoms with Crippen LogP contribution in [0.2, 0.25) is 0 Å². The van der Waals surface area contributed by atoms with E-state index in [0.29, 0.717) is 24.8 Å². The van der Waals surface area contributed by atoms with Crippen molar-refractivity contribution in [2.75, 3.05) is 6.54 Å². The molecule has 0 fully saturated rings. The predicted molar refractivity (Wildman–Crippen MR) is 96.9 cm³/mol. The Morgan fingerprint density at radius 2 is 2.00 bits per heavy atom. The quantitative estimate of drug-likeness (QED) is 0.768. The molecule has 2 aromatic rings. The summed E-state index contributed by atoms with van der Waals surface area (Å²) >= 11 is 0. The predicted octanol–water partition coefficient (Wildman–Crippen LogP) is 3.18. The molecule has 1 unspecified atom stereocenters. The molecule has 0 aliphatic carbocycles. The number of nitrogens with one attached hydrogen (secondary N) is 1. The summed E-state index contributed by atoms with van der Waals surface area (Å²) in [5.74, 6) is -0.253. The number of carboxylic acid groups (broad SMARTS) is 1. The number of ether oxygens (including phenoxy) is 1. The Kier molecular flexibility index (Phi) is 6.20. The first-order chi connectivity index (χ1) is 11.8. The van der Waals surface area contributed by atoms with Crippen LogP contribution in [0.25, 0.3) is 0 Å². The number of hydrogen-bond donors (Lipinski definition) is 2. The van der Waals surface area contributed by atoms with Gasteiger partial charge < -0.3 is 15.2 Å². The molecule has 2 rings (SSSR count). The van der Waals surface area contributed by atoms with Gasteiger partial charge in [0.25, 0.3) is 0 Å². The maximum Gasteiger partial charge on any atom is 0.354 e. The molecule has 136 valence electrons. The van der Waals surface area contributed by atoms with E-state index < -0.39 is 5.97 Å². The molecule has 1 atom stereocenters. The lowest BCUT2D eigenvalue weighted by Gasteiger charge is -2.28. The molecule has 0 aliphatic rings. The van der Waals surface area contributed by atoms with Crippen LogP contribution in [0, 0.1) is 5.41 Å². The lowest BCUT2D eigenvalue weighted by Crippen LogP contribution is -2.39. The Morgan fingerprint density at radius 3 is 2.60 bits per heavy atom. The van der Waals surface area contributed by atoms with Gasteiger partial charge in [-0.1, -0.05) is 39.0 Å². The number of aromatic carboxylic acids is 1. The van der Waals surface area contributed by atoms with E-state index >= 15 is 0 Å². The van der Waals surface area contributed by atoms with Gasteiger partial charge >= 0.3 is 5.97 Å². The minimum Gasteiger partial charge on any atom is -0.487 e. The number of benzene rings is 1. The van der Waals surface area contributed by atoms with Crippen LogP contribution in [0.15, 0.2) is 36.4 Å². The van der Waals surface area contributed by atoms with Crippen molar-refractivity contribution in [2.24, 2.45) is 5.41 Å². The zero-order chi connectivity index (χ0) is 18.4. The third-order valence-electron chi connectivity index (χ3n) is 4.25. The van der Waals surface area contributed by atoms with Gasteiger partial charge in [0.2, 0.25) is 0 Å². The van der Waals surface area contributed by atoms with Gasteiger partial charge in [-0.2, -0.15) is 5.10 Å². The minimum atomic E-state index is -0.984. The lowest BCUT2D eigenvalue weighted by molar-refractivity contribution is 0.0683. The molecule has 0 saturated carbocycles. The molecular formula is C19H27N3O3. The van der Waals surface area contributed by atoms with Gasteiger partial charge in [-0.3, -0.25) is 4.68 Å². The van der Waals surface area contributed by atoms with Crippen molar-refractivity contribution in [3.63, 3.8) is 0 Å². The summed E-state index contributed by atoms with van der Waals surface area (Å²) in [5, 5.41) is 17.2. The summed E-state index contributed by atoms with van der Waals surface area (Å²) < 4.78 is 7.17. The van der Waals surface area contributed by atoms with E-state index in [1.165, 1.54) is 4.68 Å². The maximum absolute atomic E-state index is 11.4. The van der Waals surface area contributed by atoms with Crippen LogP contribution in [-0.4, -0.2) is 33.4 Å². The Hall–Kier alpha value is -2.34. The van der Waals surface area contributed by atoms with Crippen molar-refractivity contribution in [3.05, 3.63) is 47.8 Å². The highest BCUT2D eigenvalue weighted by molar-refractivity contribution is 5.85. The van der Waals surface area contributed by atoms with Gasteiger partial charge in [-0.15, -0.1) is 0 Å². The van der Waals surface area contributed by atoms with E-state index in [4.69, 9.17) is 4.74 Å². The van der Waals surface area contributed by atoms with Gasteiger partial charge in [-0.05, 0) is 30.5 Å². The van der Waals surface area contributed by atoms with Crippen molar-refractivity contribution in [2.45, 2.75) is 46.9 Å². The molecular weight excluding hydrogens is 318 g/mol. The number of carboxylic acids is 1. The standard InChI is InChI=1S/C19H27N3O3/c1-14(19(2,3)4)20-10-11-22-17(18(23)24)12-15(21-22)13-25-16-8-6-5-7-9-16/h5-9,12,14,20H,10-11,13H2,1-4H3,(H,23,24). The van der Waals surface area contributed by atoms with Crippen LogP contribution >= 0.6 is 0 Å². The molecule has 1 heterocycles. The highest BCUT2D eigenvalue weighted by atomic mass is 16.5. The molecule has 0 radical (unpaired) electrons. The monoisotopic (exact) mass is 345 g/mol. The average Bonchev–Trinajstić information content (AvgIpc) is 2.96. The van der Waals surface area contributed by atoms with E-state index in [2.05, 4.69) is 38.1 Å². The molecule has 6 heteroatoms. The second kappa shape index (κ2) is 8.16. The molecule has 6 nitrogen and oxygen atoms in total. The van der Waals surface area contributed by atoms with Crippen LogP contribution in [0.4, 0.5) is 0 Å². The van der Waals surface area contributed by atoms with Gasteiger partial charge in [0.1, 0.15) is 23.7 Å². The molecule has 2 N–H and O–H groups in total. The SMILES string of the molecule is CC(NCCn1nc(COc2ccccc2)cc1C(=O)O)C(C)(C)C. The molecule has 1 aromatic heterocycles. The lowest BCUT2D eigenvalue weighted by atomic mass is 9.88. The zero-order valence-corrected chi connectivity index (χ0v) is 15.3. The van der Waals surface area contributed by atoms with Crippen LogP contribution in [-0.2, 0) is 13.2 Å². The second-order valence-corrected chi connectivity index (χ2v) is 7.19. The topological polar surface area (TPSA) is 76.4 Å². The third kappa shape index (κ3) is 5.60. The van der Waals surface area contributed by atoms with Crippen molar-refractivity contribution < 1.29 is 14.6 Å². The van der Waals surface area contributed by atoms with Crippen molar-refractivity contribution >= 4 is 5.97 Å². The van der Waals surface area contributed by atoms with Crippen molar-refractivity contribution in [1.29, 1.82) is 0 Å². The van der Waals surface area contributed by atoms with E-state index in [1.54, 1.807) is 6.07 Å². The smallest absolute Gasteiger partial charge is 0.354 e. The Balaban J connectivity index is 1.97. The van der Waals surface area contributed by atoms with Crippen LogP contribution in [0.3, 0.4) is 0 Å². The van der Waals surface area contributed by atoms with Crippen molar-refractivity contribution in [3.8, 4) is 5.75 Å². The van der Waals surface area contributed by atoms with Gasteiger partial charge in [0.05, 0.1) is 6.54 Å². The highest BCUT2D eigenvalue weighted by Gasteiger charge is 2.20. The third-order valence-corrected chi connectivity index (χ3v) is 4.25. The Labute approximate surface area is 148 Å². The molecule has 0 spiro atoms. The Morgan fingerprint density at radius 1 is 1.32 bits per heavy atom. The van der Waals surface area contributed by atoms with Crippen LogP contribution in [0.1, 0.15) is 43.9 Å². The molecule has 25 heavy (non-hydrogen) atoms. The fourth-order valence-electron chi connectivity index (χ4n) is 2.25. The Bertz CT molecular complexity index is 690. The van der Waals surface area contributed by atoms with E-state index in [0.717, 1.165) is 5.75 Å². The fraction of sp³-hybridized carbons (Fsp3) is 0.474. The normalized spacial score (nSPS) is 12.8. The summed E-state index contributed by atoms with van der Waals surface area (Å²) in [7, 11) is 0. The summed E-state index contributed by atoms with van der Waals surface area (Å²) in [4.78, 5) is 11.4. The highest BCUT2D eigenvalue weighted by Crippen LogP contribution is 2.18. The summed E-state index contributed by atoms with van der Waals surface area (Å²) in [6.07, 6.45) is 0.